The SMILES string of the molecule is Cc1ccccc1CNc1ccccc1SCC(F)(F)F. The standard InChI is InChI=1S/C16H16F3NS/c1-12-6-2-3-7-13(12)10-20-14-8-4-5-9-15(14)21-11-16(17,18)19/h2-9,20H,10-11H2,1H3. The van der Waals surface area contributed by atoms with Crippen LogP contribution in [0.5, 0.6) is 0 Å². The van der Waals surface area contributed by atoms with Crippen molar-refractivity contribution < 1.29 is 13.2 Å². The fourth-order valence-electron chi connectivity index (χ4n) is 1.90. The lowest BCUT2D eigenvalue weighted by Crippen LogP contribution is -2.11. The number of para-hydroxylation sites is 1. The van der Waals surface area contributed by atoms with Crippen LogP contribution in [-0.2, 0) is 6.54 Å². The zero-order chi connectivity index (χ0) is 15.3. The fourth-order valence-corrected chi connectivity index (χ4v) is 2.69. The Labute approximate surface area is 126 Å². The summed E-state index contributed by atoms with van der Waals surface area (Å²) >= 11 is 0.806. The van der Waals surface area contributed by atoms with E-state index in [1.165, 1.54) is 0 Å². The molecule has 0 aromatic heterocycles. The Hall–Kier alpha value is -1.62. The van der Waals surface area contributed by atoms with E-state index in [4.69, 9.17) is 0 Å². The van der Waals surface area contributed by atoms with Crippen molar-refractivity contribution in [1.29, 1.82) is 0 Å². The van der Waals surface area contributed by atoms with E-state index < -0.39 is 11.9 Å². The molecule has 2 aromatic carbocycles. The van der Waals surface area contributed by atoms with E-state index in [9.17, 15) is 13.2 Å². The van der Waals surface area contributed by atoms with E-state index in [1.807, 2.05) is 37.3 Å². The number of hydrogen-bond donors (Lipinski definition) is 1. The largest absolute Gasteiger partial charge is 0.398 e. The molecule has 112 valence electrons. The van der Waals surface area contributed by atoms with Gasteiger partial charge in [0, 0.05) is 17.1 Å². The third kappa shape index (κ3) is 5.01. The topological polar surface area (TPSA) is 12.0 Å². The van der Waals surface area contributed by atoms with E-state index in [1.54, 1.807) is 18.2 Å². The second-order valence-corrected chi connectivity index (χ2v) is 5.70. The number of rotatable bonds is 5. The first-order chi connectivity index (χ1) is 9.96. The Bertz CT molecular complexity index is 596. The van der Waals surface area contributed by atoms with Gasteiger partial charge in [0.25, 0.3) is 0 Å². The van der Waals surface area contributed by atoms with Crippen LogP contribution in [0.15, 0.2) is 53.4 Å². The van der Waals surface area contributed by atoms with Crippen molar-refractivity contribution in [3.05, 3.63) is 59.7 Å². The summed E-state index contributed by atoms with van der Waals surface area (Å²) in [4.78, 5) is 0.614. The monoisotopic (exact) mass is 311 g/mol. The second kappa shape index (κ2) is 6.89. The summed E-state index contributed by atoms with van der Waals surface area (Å²) in [5.41, 5.74) is 3.02. The van der Waals surface area contributed by atoms with Gasteiger partial charge in [0.05, 0.1) is 5.75 Å². The van der Waals surface area contributed by atoms with Crippen LogP contribution in [0.2, 0.25) is 0 Å². The Kier molecular flexibility index (Phi) is 5.17. The molecular formula is C16H16F3NS. The molecule has 1 nitrogen and oxygen atoms in total. The molecule has 2 rings (SSSR count). The molecule has 21 heavy (non-hydrogen) atoms. The van der Waals surface area contributed by atoms with E-state index in [0.717, 1.165) is 28.6 Å². The highest BCUT2D eigenvalue weighted by atomic mass is 32.2. The molecule has 0 amide bonds. The van der Waals surface area contributed by atoms with Crippen LogP contribution in [0.1, 0.15) is 11.1 Å². The molecule has 0 bridgehead atoms. The second-order valence-electron chi connectivity index (χ2n) is 4.68. The number of halogens is 3. The summed E-state index contributed by atoms with van der Waals surface area (Å²) in [6.45, 7) is 2.61. The van der Waals surface area contributed by atoms with Crippen molar-refractivity contribution in [2.45, 2.75) is 24.5 Å². The minimum absolute atomic E-state index is 0.594. The third-order valence-corrected chi connectivity index (χ3v) is 4.15. The highest BCUT2D eigenvalue weighted by Crippen LogP contribution is 2.32. The molecule has 0 saturated heterocycles. The van der Waals surface area contributed by atoms with Crippen LogP contribution in [-0.4, -0.2) is 11.9 Å². The molecule has 0 fully saturated rings. The molecule has 0 spiro atoms. The Morgan fingerprint density at radius 3 is 2.38 bits per heavy atom. The number of thioether (sulfide) groups is 1. The fraction of sp³-hybridized carbons (Fsp3) is 0.250. The van der Waals surface area contributed by atoms with Crippen LogP contribution in [0, 0.1) is 6.92 Å². The van der Waals surface area contributed by atoms with Gasteiger partial charge in [0.1, 0.15) is 0 Å². The normalized spacial score (nSPS) is 11.4. The zero-order valence-corrected chi connectivity index (χ0v) is 12.4. The number of aryl methyl sites for hydroxylation is 1. The highest BCUT2D eigenvalue weighted by molar-refractivity contribution is 7.99. The Morgan fingerprint density at radius 1 is 1.00 bits per heavy atom. The van der Waals surface area contributed by atoms with Crippen molar-refractivity contribution in [3.8, 4) is 0 Å². The average Bonchev–Trinajstić information content (AvgIpc) is 2.44. The van der Waals surface area contributed by atoms with E-state index in [2.05, 4.69) is 5.32 Å². The third-order valence-electron chi connectivity index (χ3n) is 3.01. The van der Waals surface area contributed by atoms with E-state index in [-0.39, 0.29) is 0 Å². The summed E-state index contributed by atoms with van der Waals surface area (Å²) in [5, 5.41) is 3.22. The van der Waals surface area contributed by atoms with Gasteiger partial charge in [-0.2, -0.15) is 13.2 Å². The summed E-state index contributed by atoms with van der Waals surface area (Å²) < 4.78 is 37.0. The summed E-state index contributed by atoms with van der Waals surface area (Å²) in [7, 11) is 0. The number of anilines is 1. The van der Waals surface area contributed by atoms with Gasteiger partial charge in [0.2, 0.25) is 0 Å². The predicted molar refractivity (Wildman–Crippen MR) is 81.7 cm³/mol. The molecule has 2 aromatic rings. The van der Waals surface area contributed by atoms with Crippen LogP contribution in [0.25, 0.3) is 0 Å². The smallest absolute Gasteiger partial charge is 0.380 e. The molecule has 0 aliphatic carbocycles. The summed E-state index contributed by atoms with van der Waals surface area (Å²) in [6.07, 6.45) is -4.16. The van der Waals surface area contributed by atoms with Gasteiger partial charge in [-0.25, -0.2) is 0 Å². The first-order valence-corrected chi connectivity index (χ1v) is 7.51. The van der Waals surface area contributed by atoms with Gasteiger partial charge in [-0.1, -0.05) is 36.4 Å². The minimum atomic E-state index is -4.16. The predicted octanol–water partition coefficient (Wildman–Crippen LogP) is 5.26. The van der Waals surface area contributed by atoms with Crippen molar-refractivity contribution in [2.24, 2.45) is 0 Å². The lowest BCUT2D eigenvalue weighted by Gasteiger charge is -2.13. The molecule has 0 heterocycles. The number of alkyl halides is 3. The average molecular weight is 311 g/mol. The molecule has 0 aliphatic rings. The van der Waals surface area contributed by atoms with Gasteiger partial charge < -0.3 is 5.32 Å². The summed E-state index contributed by atoms with van der Waals surface area (Å²) in [6, 6.07) is 15.0. The number of hydrogen-bond acceptors (Lipinski definition) is 2. The van der Waals surface area contributed by atoms with Crippen molar-refractivity contribution in [3.63, 3.8) is 0 Å². The summed E-state index contributed by atoms with van der Waals surface area (Å²) in [5.74, 6) is -0.879. The van der Waals surface area contributed by atoms with Gasteiger partial charge >= 0.3 is 6.18 Å². The first kappa shape index (κ1) is 15.8. The van der Waals surface area contributed by atoms with E-state index in [0.29, 0.717) is 11.4 Å². The molecule has 0 atom stereocenters. The molecule has 0 unspecified atom stereocenters. The van der Waals surface area contributed by atoms with Crippen LogP contribution in [0.4, 0.5) is 18.9 Å². The van der Waals surface area contributed by atoms with Gasteiger partial charge in [-0.3, -0.25) is 0 Å². The Morgan fingerprint density at radius 2 is 1.67 bits per heavy atom. The molecule has 5 heteroatoms. The van der Waals surface area contributed by atoms with Gasteiger partial charge in [0.15, 0.2) is 0 Å². The van der Waals surface area contributed by atoms with Crippen LogP contribution in [0.3, 0.4) is 0 Å². The van der Waals surface area contributed by atoms with Crippen LogP contribution < -0.4 is 5.32 Å². The van der Waals surface area contributed by atoms with Crippen molar-refractivity contribution in [1.82, 2.24) is 0 Å². The minimum Gasteiger partial charge on any atom is -0.380 e. The van der Waals surface area contributed by atoms with Gasteiger partial charge in [-0.15, -0.1) is 11.8 Å². The van der Waals surface area contributed by atoms with Gasteiger partial charge in [-0.05, 0) is 30.2 Å². The van der Waals surface area contributed by atoms with Crippen LogP contribution >= 0.6 is 11.8 Å². The number of benzene rings is 2. The van der Waals surface area contributed by atoms with Crippen molar-refractivity contribution >= 4 is 17.4 Å². The van der Waals surface area contributed by atoms with Crippen molar-refractivity contribution in [2.75, 3.05) is 11.1 Å². The lowest BCUT2D eigenvalue weighted by molar-refractivity contribution is -0.105. The molecule has 1 N–H and O–H groups in total. The molecular weight excluding hydrogens is 295 g/mol. The maximum Gasteiger partial charge on any atom is 0.398 e. The Balaban J connectivity index is 2.05. The molecule has 0 saturated carbocycles. The quantitative estimate of drug-likeness (QED) is 0.756. The highest BCUT2D eigenvalue weighted by Gasteiger charge is 2.27. The first-order valence-electron chi connectivity index (χ1n) is 6.53. The maximum atomic E-state index is 12.3. The lowest BCUT2D eigenvalue weighted by atomic mass is 10.1. The van der Waals surface area contributed by atoms with E-state index >= 15 is 0 Å². The zero-order valence-electron chi connectivity index (χ0n) is 11.6. The maximum absolute atomic E-state index is 12.3. The number of nitrogens with one attached hydrogen (secondary N) is 1. The molecule has 0 radical (unpaired) electrons. The molecule has 0 aliphatic heterocycles.